The van der Waals surface area contributed by atoms with Gasteiger partial charge >= 0.3 is 11.9 Å². The second-order valence-electron chi connectivity index (χ2n) is 7.14. The minimum atomic E-state index is -0.765. The monoisotopic (exact) mass is 428 g/mol. The number of aromatic nitrogens is 3. The summed E-state index contributed by atoms with van der Waals surface area (Å²) in [7, 11) is 2.59. The summed E-state index contributed by atoms with van der Waals surface area (Å²) in [6.07, 6.45) is 4.08. The summed E-state index contributed by atoms with van der Waals surface area (Å²) in [5.41, 5.74) is 1.89. The van der Waals surface area contributed by atoms with E-state index in [9.17, 15) is 9.59 Å². The van der Waals surface area contributed by atoms with Gasteiger partial charge in [-0.05, 0) is 24.5 Å². The second-order valence-corrected chi connectivity index (χ2v) is 7.52. The summed E-state index contributed by atoms with van der Waals surface area (Å²) in [5.74, 6) is -0.222. The number of aromatic amines is 1. The van der Waals surface area contributed by atoms with Gasteiger partial charge in [-0.1, -0.05) is 29.8 Å². The van der Waals surface area contributed by atoms with Crippen LogP contribution in [0.4, 0.5) is 5.82 Å². The van der Waals surface area contributed by atoms with E-state index >= 15 is 0 Å². The van der Waals surface area contributed by atoms with Crippen molar-refractivity contribution in [2.75, 3.05) is 19.5 Å². The smallest absolute Gasteiger partial charge is 0.358 e. The predicted octanol–water partition coefficient (Wildman–Crippen LogP) is 3.47. The van der Waals surface area contributed by atoms with Gasteiger partial charge in [0.2, 0.25) is 0 Å². The SMILES string of the molecule is COC(=O)c1nc(C2CC2)nc(NC(Cc2c[nH]c3ccccc23)C(=O)OC)c1Cl. The maximum atomic E-state index is 12.5. The summed E-state index contributed by atoms with van der Waals surface area (Å²) < 4.78 is 9.78. The van der Waals surface area contributed by atoms with Gasteiger partial charge in [0.25, 0.3) is 0 Å². The fourth-order valence-corrected chi connectivity index (χ4v) is 3.55. The maximum absolute atomic E-state index is 12.5. The van der Waals surface area contributed by atoms with E-state index in [0.29, 0.717) is 12.2 Å². The molecule has 30 heavy (non-hydrogen) atoms. The first-order valence-corrected chi connectivity index (χ1v) is 9.94. The molecule has 2 heterocycles. The number of rotatable bonds is 7. The van der Waals surface area contributed by atoms with Gasteiger partial charge in [0.15, 0.2) is 5.69 Å². The van der Waals surface area contributed by atoms with Gasteiger partial charge in [0, 0.05) is 29.4 Å². The largest absolute Gasteiger partial charge is 0.467 e. The van der Waals surface area contributed by atoms with Crippen LogP contribution in [-0.2, 0) is 20.7 Å². The number of ether oxygens (including phenoxy) is 2. The van der Waals surface area contributed by atoms with Crippen LogP contribution in [0.15, 0.2) is 30.5 Å². The van der Waals surface area contributed by atoms with Crippen LogP contribution in [0.25, 0.3) is 10.9 Å². The zero-order valence-electron chi connectivity index (χ0n) is 16.6. The Balaban J connectivity index is 1.68. The fourth-order valence-electron chi connectivity index (χ4n) is 3.34. The maximum Gasteiger partial charge on any atom is 0.358 e. The first kappa shape index (κ1) is 20.2. The molecule has 8 nitrogen and oxygen atoms in total. The number of anilines is 1. The third-order valence-electron chi connectivity index (χ3n) is 5.09. The topological polar surface area (TPSA) is 106 Å². The highest BCUT2D eigenvalue weighted by molar-refractivity contribution is 6.35. The van der Waals surface area contributed by atoms with Crippen LogP contribution in [0.1, 0.15) is 40.6 Å². The summed E-state index contributed by atoms with van der Waals surface area (Å²) in [4.78, 5) is 36.6. The summed E-state index contributed by atoms with van der Waals surface area (Å²) in [6.45, 7) is 0. The Morgan fingerprint density at radius 3 is 2.70 bits per heavy atom. The van der Waals surface area contributed by atoms with Gasteiger partial charge in [-0.3, -0.25) is 0 Å². The summed E-state index contributed by atoms with van der Waals surface area (Å²) in [6, 6.07) is 7.05. The van der Waals surface area contributed by atoms with Crippen LogP contribution in [0.3, 0.4) is 0 Å². The van der Waals surface area contributed by atoms with E-state index in [0.717, 1.165) is 29.3 Å². The van der Waals surface area contributed by atoms with Gasteiger partial charge in [-0.2, -0.15) is 0 Å². The molecular formula is C21H21ClN4O4. The molecule has 1 aliphatic carbocycles. The number of esters is 2. The Bertz CT molecular complexity index is 1110. The lowest BCUT2D eigenvalue weighted by Gasteiger charge is -2.19. The number of hydrogen-bond donors (Lipinski definition) is 2. The molecule has 1 aliphatic rings. The van der Waals surface area contributed by atoms with Gasteiger partial charge in [-0.15, -0.1) is 0 Å². The molecule has 1 atom stereocenters. The molecule has 156 valence electrons. The molecule has 1 fully saturated rings. The van der Waals surface area contributed by atoms with Crippen molar-refractivity contribution < 1.29 is 19.1 Å². The molecule has 1 unspecified atom stereocenters. The molecule has 0 amide bonds. The first-order valence-electron chi connectivity index (χ1n) is 9.57. The number of nitrogens with zero attached hydrogens (tertiary/aromatic N) is 2. The Kier molecular flexibility index (Phi) is 5.59. The zero-order valence-corrected chi connectivity index (χ0v) is 17.3. The van der Waals surface area contributed by atoms with Crippen molar-refractivity contribution in [1.29, 1.82) is 0 Å². The Labute approximate surface area is 178 Å². The molecule has 4 rings (SSSR count). The number of fused-ring (bicyclic) bond motifs is 1. The Hall–Kier alpha value is -3.13. The summed E-state index contributed by atoms with van der Waals surface area (Å²) in [5, 5.41) is 4.09. The molecule has 0 spiro atoms. The average Bonchev–Trinajstić information content (AvgIpc) is 3.54. The van der Waals surface area contributed by atoms with Crippen molar-refractivity contribution in [2.45, 2.75) is 31.2 Å². The van der Waals surface area contributed by atoms with Crippen molar-refractivity contribution in [3.05, 3.63) is 52.6 Å². The second kappa shape index (κ2) is 8.31. The van der Waals surface area contributed by atoms with Crippen molar-refractivity contribution in [3.63, 3.8) is 0 Å². The number of halogens is 1. The number of H-pyrrole nitrogens is 1. The van der Waals surface area contributed by atoms with Gasteiger partial charge in [0.05, 0.1) is 14.2 Å². The minimum absolute atomic E-state index is 0.0130. The lowest BCUT2D eigenvalue weighted by Crippen LogP contribution is -2.33. The molecule has 0 radical (unpaired) electrons. The predicted molar refractivity (Wildman–Crippen MR) is 112 cm³/mol. The number of carbonyl (C=O) groups excluding carboxylic acids is 2. The molecule has 9 heteroatoms. The average molecular weight is 429 g/mol. The molecule has 3 aromatic rings. The third-order valence-corrected chi connectivity index (χ3v) is 5.44. The third kappa shape index (κ3) is 3.95. The lowest BCUT2D eigenvalue weighted by molar-refractivity contribution is -0.141. The molecule has 0 aliphatic heterocycles. The van der Waals surface area contributed by atoms with Gasteiger partial charge < -0.3 is 19.8 Å². The van der Waals surface area contributed by atoms with Crippen LogP contribution in [0.2, 0.25) is 5.02 Å². The van der Waals surface area contributed by atoms with E-state index in [1.807, 2.05) is 30.5 Å². The number of para-hydroxylation sites is 1. The highest BCUT2D eigenvalue weighted by Gasteiger charge is 2.31. The quantitative estimate of drug-likeness (QED) is 0.555. The number of methoxy groups -OCH3 is 2. The van der Waals surface area contributed by atoms with E-state index in [-0.39, 0.29) is 22.5 Å². The molecule has 1 saturated carbocycles. The van der Waals surface area contributed by atoms with Crippen LogP contribution >= 0.6 is 11.6 Å². The van der Waals surface area contributed by atoms with E-state index in [1.54, 1.807) is 0 Å². The zero-order chi connectivity index (χ0) is 21.3. The van der Waals surface area contributed by atoms with Crippen LogP contribution in [-0.4, -0.2) is 47.2 Å². The first-order chi connectivity index (χ1) is 14.5. The molecule has 2 aromatic heterocycles. The van der Waals surface area contributed by atoms with Crippen molar-refractivity contribution >= 4 is 40.3 Å². The molecular weight excluding hydrogens is 408 g/mol. The van der Waals surface area contributed by atoms with Crippen molar-refractivity contribution in [1.82, 2.24) is 15.0 Å². The van der Waals surface area contributed by atoms with Crippen molar-refractivity contribution in [3.8, 4) is 0 Å². The number of carbonyl (C=O) groups is 2. The number of nitrogens with one attached hydrogen (secondary N) is 2. The molecule has 0 saturated heterocycles. The van der Waals surface area contributed by atoms with Crippen molar-refractivity contribution in [2.24, 2.45) is 0 Å². The van der Waals surface area contributed by atoms with E-state index in [1.165, 1.54) is 14.2 Å². The summed E-state index contributed by atoms with van der Waals surface area (Å²) >= 11 is 6.40. The van der Waals surface area contributed by atoms with Gasteiger partial charge in [-0.25, -0.2) is 19.6 Å². The van der Waals surface area contributed by atoms with Crippen LogP contribution in [0, 0.1) is 0 Å². The standard InChI is InChI=1S/C21H21ClN4O4/c1-29-20(27)15(9-12-10-23-14-6-4-3-5-13(12)14)24-19-16(22)17(21(28)30-2)25-18(26-19)11-7-8-11/h3-6,10-11,15,23H,7-9H2,1-2H3,(H,24,25,26). The Morgan fingerprint density at radius 2 is 2.00 bits per heavy atom. The number of hydrogen-bond acceptors (Lipinski definition) is 7. The fraction of sp³-hybridized carbons (Fsp3) is 0.333. The normalized spacial score (nSPS) is 14.4. The van der Waals surface area contributed by atoms with Crippen LogP contribution < -0.4 is 5.32 Å². The molecule has 1 aromatic carbocycles. The van der Waals surface area contributed by atoms with E-state index < -0.39 is 18.0 Å². The minimum Gasteiger partial charge on any atom is -0.467 e. The van der Waals surface area contributed by atoms with Gasteiger partial charge in [0.1, 0.15) is 22.7 Å². The highest BCUT2D eigenvalue weighted by atomic mass is 35.5. The molecule has 2 N–H and O–H groups in total. The highest BCUT2D eigenvalue weighted by Crippen LogP contribution is 2.40. The number of benzene rings is 1. The molecule has 0 bridgehead atoms. The van der Waals surface area contributed by atoms with E-state index in [2.05, 4.69) is 20.3 Å². The van der Waals surface area contributed by atoms with E-state index in [4.69, 9.17) is 21.1 Å². The lowest BCUT2D eigenvalue weighted by atomic mass is 10.0. The van der Waals surface area contributed by atoms with Crippen LogP contribution in [0.5, 0.6) is 0 Å². The Morgan fingerprint density at radius 1 is 1.23 bits per heavy atom.